The number of carbonyl (C=O) groups excluding carboxylic acids is 1. The molecule has 0 bridgehead atoms. The Kier molecular flexibility index (Phi) is 4.74. The predicted octanol–water partition coefficient (Wildman–Crippen LogP) is 2.89. The summed E-state index contributed by atoms with van der Waals surface area (Å²) in [4.78, 5) is 14.7. The van der Waals surface area contributed by atoms with Gasteiger partial charge in [-0.3, -0.25) is 4.79 Å². The first-order chi connectivity index (χ1) is 12.6. The molecule has 4 rings (SSSR count). The molecule has 1 N–H and O–H groups in total. The molecular formula is C19H22N4O2S. The van der Waals surface area contributed by atoms with E-state index in [9.17, 15) is 9.90 Å². The van der Waals surface area contributed by atoms with Crippen LogP contribution in [0, 0.1) is 0 Å². The normalized spacial score (nSPS) is 16.9. The molecule has 1 amide bonds. The van der Waals surface area contributed by atoms with E-state index in [0.717, 1.165) is 42.6 Å². The van der Waals surface area contributed by atoms with Gasteiger partial charge in [-0.2, -0.15) is 0 Å². The molecule has 7 heteroatoms. The van der Waals surface area contributed by atoms with Crippen molar-refractivity contribution in [2.75, 3.05) is 13.1 Å². The summed E-state index contributed by atoms with van der Waals surface area (Å²) in [5.74, 6) is 0.102. The standard InChI is InChI=1S/C19H22N4O2S/c1-13(24)10-16-12-23(21-20-16)17-4-7-22(8-5-17)19(25)15-2-3-18-14(11-15)6-9-26-18/h2-3,6,9,11-13,17,24H,4-5,7-8,10H2,1H3/t13-/m0/s1. The van der Waals surface area contributed by atoms with Crippen LogP contribution < -0.4 is 0 Å². The van der Waals surface area contributed by atoms with Crippen LogP contribution >= 0.6 is 11.3 Å². The Balaban J connectivity index is 1.39. The van der Waals surface area contributed by atoms with Crippen LogP contribution in [0.4, 0.5) is 0 Å². The molecule has 1 saturated heterocycles. The highest BCUT2D eigenvalue weighted by Crippen LogP contribution is 2.25. The molecule has 1 atom stereocenters. The second kappa shape index (κ2) is 7.17. The van der Waals surface area contributed by atoms with Gasteiger partial charge < -0.3 is 10.0 Å². The van der Waals surface area contributed by atoms with Crippen molar-refractivity contribution in [3.8, 4) is 0 Å². The molecule has 2 aromatic heterocycles. The van der Waals surface area contributed by atoms with E-state index >= 15 is 0 Å². The van der Waals surface area contributed by atoms with E-state index in [2.05, 4.69) is 16.4 Å². The fourth-order valence-corrected chi connectivity index (χ4v) is 4.27. The number of thiophene rings is 1. The van der Waals surface area contributed by atoms with E-state index in [1.54, 1.807) is 18.3 Å². The van der Waals surface area contributed by atoms with Crippen LogP contribution in [0.5, 0.6) is 0 Å². The van der Waals surface area contributed by atoms with Gasteiger partial charge in [-0.25, -0.2) is 4.68 Å². The monoisotopic (exact) mass is 370 g/mol. The first-order valence-corrected chi connectivity index (χ1v) is 9.83. The summed E-state index contributed by atoms with van der Waals surface area (Å²) in [6, 6.07) is 8.25. The van der Waals surface area contributed by atoms with Gasteiger partial charge >= 0.3 is 0 Å². The van der Waals surface area contributed by atoms with E-state index in [4.69, 9.17) is 0 Å². The second-order valence-corrected chi connectivity index (χ2v) is 7.89. The van der Waals surface area contributed by atoms with Crippen LogP contribution in [0.2, 0.25) is 0 Å². The van der Waals surface area contributed by atoms with Crippen LogP contribution in [0.3, 0.4) is 0 Å². The van der Waals surface area contributed by atoms with Crippen molar-refractivity contribution in [3.05, 3.63) is 47.1 Å². The summed E-state index contributed by atoms with van der Waals surface area (Å²) in [7, 11) is 0. The lowest BCUT2D eigenvalue weighted by Crippen LogP contribution is -2.39. The Morgan fingerprint density at radius 1 is 1.35 bits per heavy atom. The molecule has 0 saturated carbocycles. The van der Waals surface area contributed by atoms with Crippen molar-refractivity contribution < 1.29 is 9.90 Å². The van der Waals surface area contributed by atoms with E-state index in [1.807, 2.05) is 39.4 Å². The number of nitrogens with zero attached hydrogens (tertiary/aromatic N) is 4. The van der Waals surface area contributed by atoms with Gasteiger partial charge in [0.25, 0.3) is 5.91 Å². The molecule has 0 radical (unpaired) electrons. The fourth-order valence-electron chi connectivity index (χ4n) is 3.50. The largest absolute Gasteiger partial charge is 0.393 e. The van der Waals surface area contributed by atoms with Crippen LogP contribution in [0.1, 0.15) is 41.9 Å². The number of hydrogen-bond donors (Lipinski definition) is 1. The third-order valence-corrected chi connectivity index (χ3v) is 5.79. The Hall–Kier alpha value is -2.25. The van der Waals surface area contributed by atoms with Crippen molar-refractivity contribution in [3.63, 3.8) is 0 Å². The number of hydrogen-bond acceptors (Lipinski definition) is 5. The highest BCUT2D eigenvalue weighted by Gasteiger charge is 2.25. The maximum Gasteiger partial charge on any atom is 0.253 e. The zero-order valence-corrected chi connectivity index (χ0v) is 15.5. The van der Waals surface area contributed by atoms with Crippen molar-refractivity contribution in [1.82, 2.24) is 19.9 Å². The third-order valence-electron chi connectivity index (χ3n) is 4.89. The molecule has 0 spiro atoms. The Morgan fingerprint density at radius 2 is 2.15 bits per heavy atom. The molecule has 1 aliphatic rings. The van der Waals surface area contributed by atoms with Crippen molar-refractivity contribution in [2.24, 2.45) is 0 Å². The predicted molar refractivity (Wildman–Crippen MR) is 101 cm³/mol. The van der Waals surface area contributed by atoms with E-state index in [1.165, 1.54) is 4.70 Å². The number of aliphatic hydroxyl groups is 1. The van der Waals surface area contributed by atoms with Crippen LogP contribution in [0.25, 0.3) is 10.1 Å². The average Bonchev–Trinajstić information content (AvgIpc) is 3.29. The lowest BCUT2D eigenvalue weighted by Gasteiger charge is -2.32. The van der Waals surface area contributed by atoms with Gasteiger partial charge in [0.2, 0.25) is 0 Å². The van der Waals surface area contributed by atoms with Gasteiger partial charge in [-0.1, -0.05) is 5.21 Å². The highest BCUT2D eigenvalue weighted by molar-refractivity contribution is 7.17. The minimum absolute atomic E-state index is 0.102. The van der Waals surface area contributed by atoms with Gasteiger partial charge in [0.15, 0.2) is 0 Å². The summed E-state index contributed by atoms with van der Waals surface area (Å²) in [6.07, 6.45) is 3.75. The molecule has 1 aromatic carbocycles. The summed E-state index contributed by atoms with van der Waals surface area (Å²) in [5, 5.41) is 21.0. The topological polar surface area (TPSA) is 71.2 Å². The number of aromatic nitrogens is 3. The Morgan fingerprint density at radius 3 is 2.92 bits per heavy atom. The molecule has 136 valence electrons. The van der Waals surface area contributed by atoms with E-state index < -0.39 is 6.10 Å². The summed E-state index contributed by atoms with van der Waals surface area (Å²) < 4.78 is 3.09. The zero-order valence-electron chi connectivity index (χ0n) is 14.7. The zero-order chi connectivity index (χ0) is 18.1. The number of fused-ring (bicyclic) bond motifs is 1. The quantitative estimate of drug-likeness (QED) is 0.767. The number of rotatable bonds is 4. The number of aliphatic hydroxyl groups excluding tert-OH is 1. The highest BCUT2D eigenvalue weighted by atomic mass is 32.1. The smallest absolute Gasteiger partial charge is 0.253 e. The van der Waals surface area contributed by atoms with Crippen LogP contribution in [0.15, 0.2) is 35.8 Å². The Bertz CT molecular complexity index is 909. The van der Waals surface area contributed by atoms with Crippen molar-refractivity contribution in [1.29, 1.82) is 0 Å². The molecule has 6 nitrogen and oxygen atoms in total. The van der Waals surface area contributed by atoms with Crippen LogP contribution in [-0.2, 0) is 6.42 Å². The molecule has 3 heterocycles. The molecule has 0 unspecified atom stereocenters. The lowest BCUT2D eigenvalue weighted by atomic mass is 10.0. The molecular weight excluding hydrogens is 348 g/mol. The summed E-state index contributed by atoms with van der Waals surface area (Å²) in [6.45, 7) is 3.18. The van der Waals surface area contributed by atoms with Crippen molar-refractivity contribution in [2.45, 2.75) is 38.3 Å². The molecule has 26 heavy (non-hydrogen) atoms. The maximum atomic E-state index is 12.8. The maximum absolute atomic E-state index is 12.8. The number of benzene rings is 1. The van der Waals surface area contributed by atoms with Gasteiger partial charge in [0, 0.05) is 36.0 Å². The molecule has 1 fully saturated rings. The number of likely N-dealkylation sites (tertiary alicyclic amines) is 1. The molecule has 3 aromatic rings. The van der Waals surface area contributed by atoms with Gasteiger partial charge in [-0.15, -0.1) is 16.4 Å². The summed E-state index contributed by atoms with van der Waals surface area (Å²) in [5.41, 5.74) is 1.57. The first-order valence-electron chi connectivity index (χ1n) is 8.95. The van der Waals surface area contributed by atoms with Gasteiger partial charge in [-0.05, 0) is 54.8 Å². The van der Waals surface area contributed by atoms with Gasteiger partial charge in [0.05, 0.1) is 17.8 Å². The SMILES string of the molecule is C[C@H](O)Cc1cn(C2CCN(C(=O)c3ccc4sccc4c3)CC2)nn1. The second-order valence-electron chi connectivity index (χ2n) is 6.94. The van der Waals surface area contributed by atoms with Gasteiger partial charge in [0.1, 0.15) is 0 Å². The van der Waals surface area contributed by atoms with Crippen LogP contribution in [-0.4, -0.2) is 50.1 Å². The number of amides is 1. The number of carbonyl (C=O) groups is 1. The Labute approximate surface area is 156 Å². The molecule has 1 aliphatic heterocycles. The minimum atomic E-state index is -0.416. The third kappa shape index (κ3) is 3.50. The summed E-state index contributed by atoms with van der Waals surface area (Å²) >= 11 is 1.69. The number of piperidine rings is 1. The fraction of sp³-hybridized carbons (Fsp3) is 0.421. The average molecular weight is 370 g/mol. The van der Waals surface area contributed by atoms with E-state index in [0.29, 0.717) is 6.42 Å². The minimum Gasteiger partial charge on any atom is -0.393 e. The van der Waals surface area contributed by atoms with Crippen molar-refractivity contribution >= 4 is 27.3 Å². The van der Waals surface area contributed by atoms with E-state index in [-0.39, 0.29) is 11.9 Å². The molecule has 0 aliphatic carbocycles. The lowest BCUT2D eigenvalue weighted by molar-refractivity contribution is 0.0689. The first kappa shape index (κ1) is 17.2.